The predicted octanol–water partition coefficient (Wildman–Crippen LogP) is 0.195. The highest BCUT2D eigenvalue weighted by Gasteiger charge is 2.45. The van der Waals surface area contributed by atoms with E-state index in [4.69, 9.17) is 20.3 Å². The van der Waals surface area contributed by atoms with E-state index >= 15 is 0 Å². The largest absolute Gasteiger partial charge is 0.524 e. The number of aliphatic hydroxyl groups excluding tert-OH is 3. The average Bonchev–Trinajstić information content (AvgIpc) is 3.35. The summed E-state index contributed by atoms with van der Waals surface area (Å²) in [7, 11) is -4.71. The first-order chi connectivity index (χ1) is 18.0. The van der Waals surface area contributed by atoms with Crippen molar-refractivity contribution in [2.75, 3.05) is 17.7 Å². The third-order valence-electron chi connectivity index (χ3n) is 5.87. The molecule has 3 heterocycles. The van der Waals surface area contributed by atoms with E-state index in [9.17, 15) is 24.7 Å². The number of aromatic amines is 1. The average molecular weight is 546 g/mol. The summed E-state index contributed by atoms with van der Waals surface area (Å²) in [6, 6.07) is 13.0. The van der Waals surface area contributed by atoms with Gasteiger partial charge >= 0.3 is 7.82 Å². The number of aromatic nitrogens is 4. The van der Waals surface area contributed by atoms with Crippen LogP contribution in [0.4, 0.5) is 17.6 Å². The van der Waals surface area contributed by atoms with Crippen molar-refractivity contribution in [3.05, 3.63) is 58.9 Å². The number of nitrogens with zero attached hydrogens (tertiary/aromatic N) is 3. The number of phosphoric acid groups is 1. The van der Waals surface area contributed by atoms with Crippen molar-refractivity contribution in [1.82, 2.24) is 19.5 Å². The minimum atomic E-state index is -4.71. The summed E-state index contributed by atoms with van der Waals surface area (Å²) in [5.74, 6) is -0.151. The first kappa shape index (κ1) is 25.8. The molecule has 1 aliphatic rings. The second-order valence-corrected chi connectivity index (χ2v) is 9.63. The molecule has 0 radical (unpaired) electrons. The van der Waals surface area contributed by atoms with Gasteiger partial charge in [-0.2, -0.15) is 4.98 Å². The number of fused-ring (bicyclic) bond motifs is 1. The highest BCUT2D eigenvalue weighted by molar-refractivity contribution is 7.46. The molecule has 0 spiro atoms. The molecule has 0 bridgehead atoms. The quantitative estimate of drug-likeness (QED) is 0.145. The molecule has 1 aliphatic heterocycles. The molecule has 38 heavy (non-hydrogen) atoms. The molecule has 15 nitrogen and oxygen atoms in total. The van der Waals surface area contributed by atoms with Crippen molar-refractivity contribution in [3.63, 3.8) is 0 Å². The lowest BCUT2D eigenvalue weighted by molar-refractivity contribution is -0.0501. The summed E-state index contributed by atoms with van der Waals surface area (Å²) in [6.07, 6.45) is -5.21. The summed E-state index contributed by atoms with van der Waals surface area (Å²) < 4.78 is 22.7. The number of anilines is 3. The first-order valence-electron chi connectivity index (χ1n) is 11.2. The van der Waals surface area contributed by atoms with Crippen LogP contribution in [0.2, 0.25) is 0 Å². The van der Waals surface area contributed by atoms with E-state index in [0.717, 1.165) is 0 Å². The predicted molar refractivity (Wildman–Crippen MR) is 133 cm³/mol. The van der Waals surface area contributed by atoms with Gasteiger partial charge in [-0.15, -0.1) is 0 Å². The second-order valence-electron chi connectivity index (χ2n) is 8.47. The number of rotatable bonds is 7. The molecule has 16 heteroatoms. The monoisotopic (exact) mass is 546 g/mol. The van der Waals surface area contributed by atoms with Crippen LogP contribution in [-0.4, -0.2) is 69.5 Å². The van der Waals surface area contributed by atoms with Crippen molar-refractivity contribution in [2.45, 2.75) is 24.5 Å². The summed E-state index contributed by atoms with van der Waals surface area (Å²) >= 11 is 0. The number of hydrogen-bond acceptors (Lipinski definition) is 11. The lowest BCUT2D eigenvalue weighted by atomic mass is 10.1. The van der Waals surface area contributed by atoms with Gasteiger partial charge < -0.3 is 35.6 Å². The van der Waals surface area contributed by atoms with Gasteiger partial charge in [0.2, 0.25) is 11.9 Å². The van der Waals surface area contributed by atoms with Crippen LogP contribution >= 0.6 is 7.82 Å². The van der Waals surface area contributed by atoms with Crippen LogP contribution in [0.5, 0.6) is 5.75 Å². The molecular formula is C22H23N6O9P. The van der Waals surface area contributed by atoms with E-state index in [1.54, 1.807) is 36.4 Å². The molecule has 0 saturated carbocycles. The molecule has 9 N–H and O–H groups in total. The van der Waals surface area contributed by atoms with Gasteiger partial charge in [0, 0.05) is 5.69 Å². The van der Waals surface area contributed by atoms with E-state index in [1.807, 2.05) is 0 Å². The molecule has 1 fully saturated rings. The zero-order chi connectivity index (χ0) is 27.2. The molecule has 4 atom stereocenters. The first-order valence-corrected chi connectivity index (χ1v) is 12.7. The maximum Gasteiger partial charge on any atom is 0.524 e. The minimum absolute atomic E-state index is 0.00207. The topological polar surface area (TPSA) is 238 Å². The Kier molecular flexibility index (Phi) is 6.66. The van der Waals surface area contributed by atoms with E-state index in [-0.39, 0.29) is 28.8 Å². The van der Waals surface area contributed by atoms with Crippen molar-refractivity contribution in [1.29, 1.82) is 0 Å². The number of aliphatic hydroxyl groups is 3. The van der Waals surface area contributed by atoms with Crippen LogP contribution in [0.3, 0.4) is 0 Å². The van der Waals surface area contributed by atoms with E-state index < -0.39 is 44.5 Å². The maximum absolute atomic E-state index is 12.5. The summed E-state index contributed by atoms with van der Waals surface area (Å²) in [5, 5.41) is 33.4. The fraction of sp³-hybridized carbons (Fsp3) is 0.227. The number of nitrogen functional groups attached to an aromatic ring is 1. The Morgan fingerprint density at radius 1 is 1.11 bits per heavy atom. The van der Waals surface area contributed by atoms with Gasteiger partial charge in [-0.05, 0) is 35.4 Å². The Hall–Kier alpha value is -3.82. The lowest BCUT2D eigenvalue weighted by Gasteiger charge is -2.20. The van der Waals surface area contributed by atoms with Crippen molar-refractivity contribution < 1.29 is 38.9 Å². The molecule has 200 valence electrons. The molecule has 2 aromatic heterocycles. The lowest BCUT2D eigenvalue weighted by Crippen LogP contribution is -2.33. The molecule has 0 aliphatic carbocycles. The Morgan fingerprint density at radius 3 is 2.50 bits per heavy atom. The van der Waals surface area contributed by atoms with Crippen molar-refractivity contribution in [2.24, 2.45) is 0 Å². The van der Waals surface area contributed by atoms with Crippen LogP contribution in [0.25, 0.3) is 22.3 Å². The van der Waals surface area contributed by atoms with Crippen molar-refractivity contribution >= 4 is 36.6 Å². The molecule has 4 aromatic rings. The highest BCUT2D eigenvalue weighted by atomic mass is 31.2. The number of nitrogens with two attached hydrogens (primary N) is 1. The highest BCUT2D eigenvalue weighted by Crippen LogP contribution is 2.39. The molecule has 0 amide bonds. The minimum Gasteiger partial charge on any atom is -0.404 e. The second kappa shape index (κ2) is 9.81. The van der Waals surface area contributed by atoms with Crippen LogP contribution in [0.1, 0.15) is 6.23 Å². The normalized spacial score (nSPS) is 21.6. The van der Waals surface area contributed by atoms with Gasteiger partial charge in [-0.3, -0.25) is 24.1 Å². The zero-order valence-corrected chi connectivity index (χ0v) is 20.3. The van der Waals surface area contributed by atoms with Gasteiger partial charge in [-0.1, -0.05) is 24.3 Å². The number of ether oxygens (including phenoxy) is 1. The van der Waals surface area contributed by atoms with Crippen LogP contribution < -0.4 is 21.1 Å². The Labute approximate surface area is 213 Å². The number of H-pyrrole nitrogens is 1. The Morgan fingerprint density at radius 2 is 1.84 bits per heavy atom. The smallest absolute Gasteiger partial charge is 0.404 e. The number of phosphoric ester groups is 1. The van der Waals surface area contributed by atoms with Gasteiger partial charge in [0.15, 0.2) is 17.4 Å². The Balaban J connectivity index is 1.49. The zero-order valence-electron chi connectivity index (χ0n) is 19.4. The summed E-state index contributed by atoms with van der Waals surface area (Å²) in [6.45, 7) is -0.553. The number of nitrogens with one attached hydrogen (secondary N) is 2. The fourth-order valence-corrected chi connectivity index (χ4v) is 4.56. The maximum atomic E-state index is 12.5. The Bertz CT molecular complexity index is 1580. The van der Waals surface area contributed by atoms with Crippen LogP contribution in [-0.2, 0) is 9.30 Å². The third-order valence-corrected chi connectivity index (χ3v) is 6.32. The number of imidazole rings is 1. The van der Waals surface area contributed by atoms with Crippen molar-refractivity contribution in [3.8, 4) is 16.9 Å². The third kappa shape index (κ3) is 4.99. The summed E-state index contributed by atoms with van der Waals surface area (Å²) in [4.78, 5) is 41.3. The molecule has 0 unspecified atom stereocenters. The standard InChI is InChI=1S/C22H23N6O9P/c23-21-26-18-15(19(32)27-21)25-22(28(18)20-17(31)16(30)14(9-29)36-20)24-12-6-4-10(5-7-12)11-2-1-3-13(8-11)37-38(33,34)35/h1-8,14,16-17,20,29-31H,9H2,(H,24,25)(H2,33,34,35)(H3,23,26,27,32)/t14-,16-,17-,20-/m1/s1. The van der Waals surface area contributed by atoms with E-state index in [0.29, 0.717) is 16.8 Å². The van der Waals surface area contributed by atoms with E-state index in [1.165, 1.54) is 16.7 Å². The van der Waals surface area contributed by atoms with Gasteiger partial charge in [-0.25, -0.2) is 9.55 Å². The van der Waals surface area contributed by atoms with Gasteiger partial charge in [0.05, 0.1) is 6.61 Å². The molecule has 2 aromatic carbocycles. The molecule has 5 rings (SSSR count). The molecular weight excluding hydrogens is 523 g/mol. The number of hydrogen-bond donors (Lipinski definition) is 8. The number of benzene rings is 2. The summed E-state index contributed by atoms with van der Waals surface area (Å²) in [5.41, 5.74) is 6.81. The van der Waals surface area contributed by atoms with Crippen LogP contribution in [0, 0.1) is 0 Å². The van der Waals surface area contributed by atoms with Gasteiger partial charge in [0.25, 0.3) is 5.56 Å². The SMILES string of the molecule is Nc1nc2c(nc(Nc3ccc(-c4cccc(OP(=O)(O)O)c4)cc3)n2[C@@H]2O[C@H](CO)[C@@H](O)[C@H]2O)c(=O)[nH]1. The van der Waals surface area contributed by atoms with Gasteiger partial charge in [0.1, 0.15) is 24.1 Å². The fourth-order valence-electron chi connectivity index (χ4n) is 4.17. The molecule has 1 saturated heterocycles. The van der Waals surface area contributed by atoms with Crippen LogP contribution in [0.15, 0.2) is 53.3 Å². The van der Waals surface area contributed by atoms with E-state index in [2.05, 4.69) is 24.8 Å².